The largest absolute Gasteiger partial charge is 0.356 e. The molecule has 1 fully saturated rings. The molecule has 3 rings (SSSR count). The van der Waals surface area contributed by atoms with E-state index in [1.54, 1.807) is 17.7 Å². The molecule has 2 aromatic heterocycles. The third-order valence-electron chi connectivity index (χ3n) is 4.48. The van der Waals surface area contributed by atoms with Gasteiger partial charge >= 0.3 is 0 Å². The highest BCUT2D eigenvalue weighted by atomic mass is 32.1. The lowest BCUT2D eigenvalue weighted by Crippen LogP contribution is -2.50. The van der Waals surface area contributed by atoms with E-state index in [2.05, 4.69) is 47.1 Å². The fraction of sp³-hybridized carbons (Fsp3) is 0.600. The van der Waals surface area contributed by atoms with Crippen LogP contribution in [-0.4, -0.2) is 35.6 Å². The van der Waals surface area contributed by atoms with Gasteiger partial charge in [0.15, 0.2) is 0 Å². The van der Waals surface area contributed by atoms with E-state index in [0.29, 0.717) is 0 Å². The van der Waals surface area contributed by atoms with Crippen LogP contribution in [0, 0.1) is 0 Å². The SMILES string of the molecule is CCc1cc2c(N3CCC(C)(NC)CC3)ncnc2s1. The molecule has 1 aliphatic rings. The van der Waals surface area contributed by atoms with Crippen LogP contribution in [0.3, 0.4) is 0 Å². The van der Waals surface area contributed by atoms with Crippen molar-refractivity contribution >= 4 is 27.4 Å². The Morgan fingerprint density at radius 1 is 1.35 bits per heavy atom. The molecule has 0 spiro atoms. The number of hydrogen-bond donors (Lipinski definition) is 1. The van der Waals surface area contributed by atoms with Crippen LogP contribution in [0.1, 0.15) is 31.6 Å². The van der Waals surface area contributed by atoms with Crippen LogP contribution in [0.25, 0.3) is 10.2 Å². The summed E-state index contributed by atoms with van der Waals surface area (Å²) in [7, 11) is 2.06. The summed E-state index contributed by atoms with van der Waals surface area (Å²) in [5.41, 5.74) is 0.270. The Hall–Kier alpha value is -1.20. The Labute approximate surface area is 124 Å². The van der Waals surface area contributed by atoms with E-state index in [0.717, 1.165) is 43.0 Å². The molecule has 0 saturated carbocycles. The molecule has 0 atom stereocenters. The number of nitrogens with zero attached hydrogens (tertiary/aromatic N) is 3. The predicted octanol–water partition coefficient (Wildman–Crippen LogP) is 2.83. The Morgan fingerprint density at radius 3 is 2.75 bits per heavy atom. The van der Waals surface area contributed by atoms with Crippen molar-refractivity contribution in [2.75, 3.05) is 25.0 Å². The van der Waals surface area contributed by atoms with Crippen molar-refractivity contribution in [3.8, 4) is 0 Å². The Kier molecular flexibility index (Phi) is 3.65. The minimum Gasteiger partial charge on any atom is -0.356 e. The van der Waals surface area contributed by atoms with Crippen molar-refractivity contribution in [2.24, 2.45) is 0 Å². The van der Waals surface area contributed by atoms with Gasteiger partial charge in [0.1, 0.15) is 17.0 Å². The van der Waals surface area contributed by atoms with Gasteiger partial charge in [-0.05, 0) is 39.3 Å². The molecule has 108 valence electrons. The summed E-state index contributed by atoms with van der Waals surface area (Å²) in [6.07, 6.45) is 5.08. The predicted molar refractivity (Wildman–Crippen MR) is 85.7 cm³/mol. The summed E-state index contributed by atoms with van der Waals surface area (Å²) in [5, 5.41) is 4.67. The van der Waals surface area contributed by atoms with Crippen molar-refractivity contribution in [2.45, 2.75) is 38.6 Å². The highest BCUT2D eigenvalue weighted by molar-refractivity contribution is 7.18. The van der Waals surface area contributed by atoms with Crippen molar-refractivity contribution in [3.05, 3.63) is 17.3 Å². The van der Waals surface area contributed by atoms with Crippen molar-refractivity contribution in [1.82, 2.24) is 15.3 Å². The van der Waals surface area contributed by atoms with E-state index in [-0.39, 0.29) is 5.54 Å². The molecule has 5 heteroatoms. The first-order valence-corrected chi connectivity index (χ1v) is 8.14. The van der Waals surface area contributed by atoms with E-state index in [1.165, 1.54) is 10.3 Å². The summed E-state index contributed by atoms with van der Waals surface area (Å²) in [6.45, 7) is 6.61. The van der Waals surface area contributed by atoms with Gasteiger partial charge < -0.3 is 10.2 Å². The maximum atomic E-state index is 4.55. The molecular weight excluding hydrogens is 268 g/mol. The molecular formula is C15H22N4S. The molecule has 1 saturated heterocycles. The van der Waals surface area contributed by atoms with Crippen molar-refractivity contribution in [3.63, 3.8) is 0 Å². The average Bonchev–Trinajstić information content (AvgIpc) is 2.91. The smallest absolute Gasteiger partial charge is 0.140 e. The standard InChI is InChI=1S/C15H22N4S/c1-4-11-9-12-13(17-10-18-14(12)20-11)19-7-5-15(2,16-3)6-8-19/h9-10,16H,4-8H2,1-3H3. The number of nitrogens with one attached hydrogen (secondary N) is 1. The van der Waals surface area contributed by atoms with Crippen LogP contribution < -0.4 is 10.2 Å². The van der Waals surface area contributed by atoms with E-state index in [9.17, 15) is 0 Å². The molecule has 0 radical (unpaired) electrons. The molecule has 0 unspecified atom stereocenters. The molecule has 0 amide bonds. The normalized spacial score (nSPS) is 18.6. The topological polar surface area (TPSA) is 41.0 Å². The van der Waals surface area contributed by atoms with Crippen LogP contribution in [0.2, 0.25) is 0 Å². The van der Waals surface area contributed by atoms with Crippen molar-refractivity contribution < 1.29 is 0 Å². The molecule has 0 aliphatic carbocycles. The molecule has 0 aromatic carbocycles. The van der Waals surface area contributed by atoms with Gasteiger partial charge in [-0.15, -0.1) is 11.3 Å². The maximum Gasteiger partial charge on any atom is 0.140 e. The highest BCUT2D eigenvalue weighted by Crippen LogP contribution is 2.33. The quantitative estimate of drug-likeness (QED) is 0.944. The Balaban J connectivity index is 1.89. The van der Waals surface area contributed by atoms with E-state index < -0.39 is 0 Å². The molecule has 2 aromatic rings. The monoisotopic (exact) mass is 290 g/mol. The van der Waals surface area contributed by atoms with Gasteiger partial charge in [-0.1, -0.05) is 6.92 Å². The fourth-order valence-corrected chi connectivity index (χ4v) is 3.71. The van der Waals surface area contributed by atoms with Crippen LogP contribution in [0.15, 0.2) is 12.4 Å². The van der Waals surface area contributed by atoms with Gasteiger partial charge in [-0.25, -0.2) is 9.97 Å². The number of fused-ring (bicyclic) bond motifs is 1. The number of piperidine rings is 1. The summed E-state index contributed by atoms with van der Waals surface area (Å²) >= 11 is 1.79. The van der Waals surface area contributed by atoms with Crippen LogP contribution >= 0.6 is 11.3 Å². The lowest BCUT2D eigenvalue weighted by atomic mass is 9.90. The summed E-state index contributed by atoms with van der Waals surface area (Å²) in [4.78, 5) is 13.9. The summed E-state index contributed by atoms with van der Waals surface area (Å²) in [5.74, 6) is 1.11. The zero-order valence-corrected chi connectivity index (χ0v) is 13.3. The Morgan fingerprint density at radius 2 is 2.10 bits per heavy atom. The zero-order chi connectivity index (χ0) is 14.2. The summed E-state index contributed by atoms with van der Waals surface area (Å²) in [6, 6.07) is 2.27. The minimum absolute atomic E-state index is 0.270. The number of hydrogen-bond acceptors (Lipinski definition) is 5. The molecule has 0 bridgehead atoms. The average molecular weight is 290 g/mol. The van der Waals surface area contributed by atoms with Gasteiger partial charge in [0.2, 0.25) is 0 Å². The van der Waals surface area contributed by atoms with Crippen LogP contribution in [0.5, 0.6) is 0 Å². The minimum atomic E-state index is 0.270. The first-order chi connectivity index (χ1) is 9.65. The molecule has 1 N–H and O–H groups in total. The van der Waals surface area contributed by atoms with E-state index in [4.69, 9.17) is 0 Å². The zero-order valence-electron chi connectivity index (χ0n) is 12.4. The van der Waals surface area contributed by atoms with E-state index in [1.807, 2.05) is 0 Å². The number of aryl methyl sites for hydroxylation is 1. The second kappa shape index (κ2) is 5.30. The highest BCUT2D eigenvalue weighted by Gasteiger charge is 2.29. The van der Waals surface area contributed by atoms with Gasteiger partial charge in [-0.3, -0.25) is 0 Å². The number of thiophene rings is 1. The number of rotatable bonds is 3. The first-order valence-electron chi connectivity index (χ1n) is 7.32. The number of aromatic nitrogens is 2. The second-order valence-corrected chi connectivity index (χ2v) is 6.90. The van der Waals surface area contributed by atoms with Crippen molar-refractivity contribution in [1.29, 1.82) is 0 Å². The Bertz CT molecular complexity index is 599. The van der Waals surface area contributed by atoms with Gasteiger partial charge in [0.05, 0.1) is 5.39 Å². The molecule has 3 heterocycles. The lowest BCUT2D eigenvalue weighted by molar-refractivity contribution is 0.304. The van der Waals surface area contributed by atoms with Gasteiger partial charge in [0, 0.05) is 23.5 Å². The number of anilines is 1. The van der Waals surface area contributed by atoms with Gasteiger partial charge in [0.25, 0.3) is 0 Å². The van der Waals surface area contributed by atoms with Gasteiger partial charge in [-0.2, -0.15) is 0 Å². The van der Waals surface area contributed by atoms with E-state index >= 15 is 0 Å². The lowest BCUT2D eigenvalue weighted by Gasteiger charge is -2.39. The second-order valence-electron chi connectivity index (χ2n) is 5.78. The summed E-state index contributed by atoms with van der Waals surface area (Å²) < 4.78 is 0. The fourth-order valence-electron chi connectivity index (χ4n) is 2.78. The van der Waals surface area contributed by atoms with Crippen LogP contribution in [-0.2, 0) is 6.42 Å². The third kappa shape index (κ3) is 2.40. The first kappa shape index (κ1) is 13.8. The molecule has 4 nitrogen and oxygen atoms in total. The third-order valence-corrected chi connectivity index (χ3v) is 5.67. The molecule has 1 aliphatic heterocycles. The van der Waals surface area contributed by atoms with Crippen LogP contribution in [0.4, 0.5) is 5.82 Å². The maximum absolute atomic E-state index is 4.55. The molecule has 20 heavy (non-hydrogen) atoms.